The first-order valence-electron chi connectivity index (χ1n) is 7.26. The van der Waals surface area contributed by atoms with Crippen molar-refractivity contribution < 1.29 is 19.0 Å². The summed E-state index contributed by atoms with van der Waals surface area (Å²) in [5.41, 5.74) is 1.42. The van der Waals surface area contributed by atoms with Gasteiger partial charge in [-0.25, -0.2) is 0 Å². The van der Waals surface area contributed by atoms with Gasteiger partial charge in [-0.15, -0.1) is 0 Å². The number of amides is 1. The summed E-state index contributed by atoms with van der Waals surface area (Å²) in [5, 5.41) is 2.96. The molecule has 0 radical (unpaired) electrons. The number of ether oxygens (including phenoxy) is 3. The lowest BCUT2D eigenvalue weighted by Crippen LogP contribution is -2.27. The minimum atomic E-state index is -0.237. The van der Waals surface area contributed by atoms with Gasteiger partial charge in [-0.05, 0) is 12.5 Å². The highest BCUT2D eigenvalue weighted by Crippen LogP contribution is 2.34. The zero-order chi connectivity index (χ0) is 16.8. The molecule has 0 saturated carbocycles. The fraction of sp³-hybridized carbons (Fsp3) is 0.278. The molecule has 0 aliphatic carbocycles. The summed E-state index contributed by atoms with van der Waals surface area (Å²) >= 11 is 0. The van der Waals surface area contributed by atoms with E-state index in [1.54, 1.807) is 12.1 Å². The lowest BCUT2D eigenvalue weighted by Gasteiger charge is -2.17. The van der Waals surface area contributed by atoms with Crippen LogP contribution in [0.2, 0.25) is 0 Å². The molecule has 2 aromatic rings. The molecule has 0 aromatic heterocycles. The van der Waals surface area contributed by atoms with Crippen molar-refractivity contribution in [3.63, 3.8) is 0 Å². The van der Waals surface area contributed by atoms with Crippen LogP contribution in [0.5, 0.6) is 17.2 Å². The number of hydrogen-bond donors (Lipinski definition) is 1. The topological polar surface area (TPSA) is 56.8 Å². The van der Waals surface area contributed by atoms with Crippen LogP contribution in [-0.2, 0) is 0 Å². The van der Waals surface area contributed by atoms with Crippen LogP contribution in [0.3, 0.4) is 0 Å². The van der Waals surface area contributed by atoms with Crippen molar-refractivity contribution in [3.05, 3.63) is 53.6 Å². The molecular formula is C18H21NO4. The Kier molecular flexibility index (Phi) is 5.46. The largest absolute Gasteiger partial charge is 0.496 e. The van der Waals surface area contributed by atoms with E-state index in [2.05, 4.69) is 5.32 Å². The zero-order valence-electron chi connectivity index (χ0n) is 13.8. The molecule has 0 bridgehead atoms. The van der Waals surface area contributed by atoms with Crippen LogP contribution < -0.4 is 19.5 Å². The molecular weight excluding hydrogens is 294 g/mol. The Morgan fingerprint density at radius 3 is 2.04 bits per heavy atom. The first-order chi connectivity index (χ1) is 11.1. The van der Waals surface area contributed by atoms with Crippen LogP contribution in [0, 0.1) is 0 Å². The highest BCUT2D eigenvalue weighted by Gasteiger charge is 2.19. The van der Waals surface area contributed by atoms with E-state index in [9.17, 15) is 4.79 Å². The second-order valence-electron chi connectivity index (χ2n) is 5.01. The summed E-state index contributed by atoms with van der Waals surface area (Å²) in [7, 11) is 4.58. The normalized spacial score (nSPS) is 11.5. The van der Waals surface area contributed by atoms with Crippen LogP contribution in [-0.4, -0.2) is 27.2 Å². The molecule has 1 atom stereocenters. The number of carbonyl (C=O) groups excluding carboxylic acids is 1. The van der Waals surface area contributed by atoms with Gasteiger partial charge in [-0.2, -0.15) is 0 Å². The van der Waals surface area contributed by atoms with Gasteiger partial charge in [-0.1, -0.05) is 30.3 Å². The van der Waals surface area contributed by atoms with Crippen LogP contribution >= 0.6 is 0 Å². The highest BCUT2D eigenvalue weighted by atomic mass is 16.5. The van der Waals surface area contributed by atoms with E-state index in [-0.39, 0.29) is 11.9 Å². The molecule has 1 unspecified atom stereocenters. The van der Waals surface area contributed by atoms with Gasteiger partial charge in [0.1, 0.15) is 5.75 Å². The standard InChI is InChI=1S/C18H21NO4/c1-12(13-8-6-5-7-9-13)19-18(20)14-10-16(22-3)17(23-4)11-15(14)21-2/h5-12H,1-4H3,(H,19,20). The van der Waals surface area contributed by atoms with Crippen molar-refractivity contribution in [3.8, 4) is 17.2 Å². The Hall–Kier alpha value is -2.69. The zero-order valence-corrected chi connectivity index (χ0v) is 13.8. The summed E-state index contributed by atoms with van der Waals surface area (Å²) in [4.78, 5) is 12.6. The van der Waals surface area contributed by atoms with Gasteiger partial charge in [0.2, 0.25) is 0 Å². The molecule has 0 fully saturated rings. The lowest BCUT2D eigenvalue weighted by molar-refractivity contribution is 0.0936. The quantitative estimate of drug-likeness (QED) is 0.889. The third kappa shape index (κ3) is 3.74. The maximum atomic E-state index is 12.6. The molecule has 0 saturated heterocycles. The first kappa shape index (κ1) is 16.7. The number of nitrogens with one attached hydrogen (secondary N) is 1. The van der Waals surface area contributed by atoms with Crippen molar-refractivity contribution in [1.29, 1.82) is 0 Å². The van der Waals surface area contributed by atoms with E-state index in [0.717, 1.165) is 5.56 Å². The van der Waals surface area contributed by atoms with Gasteiger partial charge in [0.05, 0.1) is 32.9 Å². The minimum absolute atomic E-state index is 0.124. The Morgan fingerprint density at radius 1 is 0.913 bits per heavy atom. The smallest absolute Gasteiger partial charge is 0.255 e. The van der Waals surface area contributed by atoms with E-state index in [4.69, 9.17) is 14.2 Å². The average molecular weight is 315 g/mol. The Balaban J connectivity index is 2.28. The summed E-state index contributed by atoms with van der Waals surface area (Å²) in [6, 6.07) is 12.9. The van der Waals surface area contributed by atoms with Crippen molar-refractivity contribution >= 4 is 5.91 Å². The number of carbonyl (C=O) groups is 1. The molecule has 2 aromatic carbocycles. The van der Waals surface area contributed by atoms with Crippen LogP contribution in [0.4, 0.5) is 0 Å². The Labute approximate surface area is 136 Å². The number of methoxy groups -OCH3 is 3. The van der Waals surface area contributed by atoms with Gasteiger partial charge >= 0.3 is 0 Å². The maximum Gasteiger partial charge on any atom is 0.255 e. The van der Waals surface area contributed by atoms with Crippen molar-refractivity contribution in [2.75, 3.05) is 21.3 Å². The first-order valence-corrected chi connectivity index (χ1v) is 7.26. The number of rotatable bonds is 6. The van der Waals surface area contributed by atoms with Gasteiger partial charge in [0.25, 0.3) is 5.91 Å². The second kappa shape index (κ2) is 7.54. The average Bonchev–Trinajstić information content (AvgIpc) is 2.60. The molecule has 5 heteroatoms. The molecule has 1 N–H and O–H groups in total. The predicted octanol–water partition coefficient (Wildman–Crippen LogP) is 3.20. The monoisotopic (exact) mass is 315 g/mol. The van der Waals surface area contributed by atoms with Gasteiger partial charge in [-0.3, -0.25) is 4.79 Å². The van der Waals surface area contributed by atoms with E-state index in [1.165, 1.54) is 21.3 Å². The van der Waals surface area contributed by atoms with Crippen LogP contribution in [0.1, 0.15) is 28.9 Å². The maximum absolute atomic E-state index is 12.6. The molecule has 2 rings (SSSR count). The van der Waals surface area contributed by atoms with E-state index in [0.29, 0.717) is 22.8 Å². The van der Waals surface area contributed by atoms with E-state index >= 15 is 0 Å². The van der Waals surface area contributed by atoms with Gasteiger partial charge < -0.3 is 19.5 Å². The van der Waals surface area contributed by atoms with E-state index in [1.807, 2.05) is 37.3 Å². The fourth-order valence-corrected chi connectivity index (χ4v) is 2.31. The highest BCUT2D eigenvalue weighted by molar-refractivity contribution is 5.98. The Bertz CT molecular complexity index is 670. The molecule has 23 heavy (non-hydrogen) atoms. The van der Waals surface area contributed by atoms with Crippen molar-refractivity contribution in [2.45, 2.75) is 13.0 Å². The molecule has 122 valence electrons. The third-order valence-corrected chi connectivity index (χ3v) is 3.60. The lowest BCUT2D eigenvalue weighted by atomic mass is 10.1. The fourth-order valence-electron chi connectivity index (χ4n) is 2.31. The second-order valence-corrected chi connectivity index (χ2v) is 5.01. The SMILES string of the molecule is COc1cc(OC)c(C(=O)NC(C)c2ccccc2)cc1OC. The minimum Gasteiger partial charge on any atom is -0.496 e. The third-order valence-electron chi connectivity index (χ3n) is 3.60. The molecule has 5 nitrogen and oxygen atoms in total. The summed E-state index contributed by atoms with van der Waals surface area (Å²) in [6.07, 6.45) is 0. The van der Waals surface area contributed by atoms with Gasteiger partial charge in [0.15, 0.2) is 11.5 Å². The molecule has 0 aliphatic heterocycles. The van der Waals surface area contributed by atoms with Crippen molar-refractivity contribution in [1.82, 2.24) is 5.32 Å². The number of hydrogen-bond acceptors (Lipinski definition) is 4. The summed E-state index contributed by atoms with van der Waals surface area (Å²) in [5.74, 6) is 1.18. The number of benzene rings is 2. The van der Waals surface area contributed by atoms with Crippen LogP contribution in [0.25, 0.3) is 0 Å². The summed E-state index contributed by atoms with van der Waals surface area (Å²) in [6.45, 7) is 1.93. The summed E-state index contributed by atoms with van der Waals surface area (Å²) < 4.78 is 15.8. The van der Waals surface area contributed by atoms with Crippen LogP contribution in [0.15, 0.2) is 42.5 Å². The van der Waals surface area contributed by atoms with Gasteiger partial charge in [0, 0.05) is 12.1 Å². The Morgan fingerprint density at radius 2 is 1.48 bits per heavy atom. The van der Waals surface area contributed by atoms with E-state index < -0.39 is 0 Å². The molecule has 1 amide bonds. The van der Waals surface area contributed by atoms with Crippen molar-refractivity contribution in [2.24, 2.45) is 0 Å². The predicted molar refractivity (Wildman–Crippen MR) is 88.4 cm³/mol. The molecule has 0 spiro atoms. The molecule has 0 heterocycles. The molecule has 0 aliphatic rings.